The first kappa shape index (κ1) is 8.99. The van der Waals surface area contributed by atoms with Crippen LogP contribution in [0.3, 0.4) is 0 Å². The van der Waals surface area contributed by atoms with Crippen LogP contribution in [-0.2, 0) is 0 Å². The molecule has 74 valence electrons. The smallest absolute Gasteiger partial charge is 0.197 e. The van der Waals surface area contributed by atoms with Crippen molar-refractivity contribution in [3.63, 3.8) is 0 Å². The molecule has 0 bridgehead atoms. The number of ether oxygens (including phenoxy) is 2. The van der Waals surface area contributed by atoms with Crippen molar-refractivity contribution in [2.45, 2.75) is 6.42 Å². The first-order valence-electron chi connectivity index (χ1n) is 4.35. The highest BCUT2D eigenvalue weighted by atomic mass is 19.1. The Morgan fingerprint density at radius 1 is 1.29 bits per heavy atom. The van der Waals surface area contributed by atoms with E-state index in [-0.39, 0.29) is 11.3 Å². The van der Waals surface area contributed by atoms with E-state index >= 15 is 0 Å². The molecule has 4 heteroatoms. The van der Waals surface area contributed by atoms with Crippen LogP contribution in [0.1, 0.15) is 16.8 Å². The zero-order chi connectivity index (χ0) is 9.97. The molecule has 0 fully saturated rings. The molecule has 2 rings (SSSR count). The number of carbonyl (C=O) groups is 1. The Hall–Kier alpha value is -1.58. The third kappa shape index (κ3) is 1.55. The Morgan fingerprint density at radius 3 is 2.86 bits per heavy atom. The van der Waals surface area contributed by atoms with Crippen LogP contribution < -0.4 is 9.47 Å². The van der Waals surface area contributed by atoms with Gasteiger partial charge in [-0.25, -0.2) is 4.39 Å². The quantitative estimate of drug-likeness (QED) is 0.642. The maximum Gasteiger partial charge on any atom is 0.197 e. The summed E-state index contributed by atoms with van der Waals surface area (Å²) in [7, 11) is 0. The molecular weight excluding hydrogens is 187 g/mol. The molecule has 0 aromatic heterocycles. The van der Waals surface area contributed by atoms with Crippen LogP contribution >= 0.6 is 0 Å². The minimum absolute atomic E-state index is 0.105. The lowest BCUT2D eigenvalue weighted by Crippen LogP contribution is -1.98. The summed E-state index contributed by atoms with van der Waals surface area (Å²) < 4.78 is 23.7. The molecule has 3 nitrogen and oxygen atoms in total. The summed E-state index contributed by atoms with van der Waals surface area (Å²) in [6.45, 7) is 0.916. The van der Waals surface area contributed by atoms with Crippen molar-refractivity contribution in [2.24, 2.45) is 0 Å². The first-order chi connectivity index (χ1) is 6.81. The van der Waals surface area contributed by atoms with Gasteiger partial charge in [0.05, 0.1) is 13.2 Å². The summed E-state index contributed by atoms with van der Waals surface area (Å²) in [6, 6.07) is 2.62. The van der Waals surface area contributed by atoms with Crippen molar-refractivity contribution in [2.75, 3.05) is 13.2 Å². The van der Waals surface area contributed by atoms with Gasteiger partial charge in [0.15, 0.2) is 17.3 Å². The number of benzene rings is 1. The Bertz CT molecular complexity index is 363. The Labute approximate surface area is 80.4 Å². The maximum atomic E-state index is 13.3. The summed E-state index contributed by atoms with van der Waals surface area (Å²) in [5.74, 6) is -0.135. The van der Waals surface area contributed by atoms with Crippen LogP contribution in [0, 0.1) is 5.82 Å². The average molecular weight is 196 g/mol. The zero-order valence-electron chi connectivity index (χ0n) is 7.46. The second-order valence-corrected chi connectivity index (χ2v) is 3.00. The predicted molar refractivity (Wildman–Crippen MR) is 47.4 cm³/mol. The van der Waals surface area contributed by atoms with Crippen molar-refractivity contribution < 1.29 is 18.7 Å². The molecule has 1 aromatic rings. The molecule has 1 aliphatic heterocycles. The highest BCUT2D eigenvalue weighted by Crippen LogP contribution is 2.33. The normalized spacial score (nSPS) is 14.6. The summed E-state index contributed by atoms with van der Waals surface area (Å²) in [6.07, 6.45) is 1.29. The Morgan fingerprint density at radius 2 is 2.07 bits per heavy atom. The standard InChI is InChI=1S/C10H9FO3/c11-8-4-7(6-12)5-9-10(8)14-3-1-2-13-9/h4-6H,1-3H2. The van der Waals surface area contributed by atoms with Gasteiger partial charge in [0.1, 0.15) is 6.29 Å². The molecule has 0 N–H and O–H groups in total. The van der Waals surface area contributed by atoms with E-state index in [1.807, 2.05) is 0 Å². The molecule has 0 aliphatic carbocycles. The summed E-state index contributed by atoms with van der Waals surface area (Å²) in [4.78, 5) is 10.5. The molecule has 1 aromatic carbocycles. The molecule has 0 atom stereocenters. The van der Waals surface area contributed by atoms with E-state index in [2.05, 4.69) is 0 Å². The highest BCUT2D eigenvalue weighted by molar-refractivity contribution is 5.76. The Kier molecular flexibility index (Phi) is 2.35. The van der Waals surface area contributed by atoms with E-state index < -0.39 is 5.82 Å². The minimum atomic E-state index is -0.550. The van der Waals surface area contributed by atoms with Gasteiger partial charge in [0.25, 0.3) is 0 Å². The van der Waals surface area contributed by atoms with E-state index in [0.29, 0.717) is 31.7 Å². The van der Waals surface area contributed by atoms with Crippen LogP contribution in [0.15, 0.2) is 12.1 Å². The molecule has 1 aliphatic rings. The van der Waals surface area contributed by atoms with E-state index in [4.69, 9.17) is 9.47 Å². The third-order valence-electron chi connectivity index (χ3n) is 1.96. The van der Waals surface area contributed by atoms with Crippen LogP contribution in [0.25, 0.3) is 0 Å². The highest BCUT2D eigenvalue weighted by Gasteiger charge is 2.16. The number of aldehydes is 1. The number of rotatable bonds is 1. The van der Waals surface area contributed by atoms with Gasteiger partial charge in [-0.15, -0.1) is 0 Å². The van der Waals surface area contributed by atoms with Gasteiger partial charge < -0.3 is 9.47 Å². The predicted octanol–water partition coefficient (Wildman–Crippen LogP) is 1.80. The Balaban J connectivity index is 2.48. The molecule has 0 radical (unpaired) electrons. The molecule has 14 heavy (non-hydrogen) atoms. The fraction of sp³-hybridized carbons (Fsp3) is 0.300. The molecule has 0 unspecified atom stereocenters. The van der Waals surface area contributed by atoms with Gasteiger partial charge >= 0.3 is 0 Å². The van der Waals surface area contributed by atoms with Gasteiger partial charge in [-0.1, -0.05) is 0 Å². The van der Waals surface area contributed by atoms with Gasteiger partial charge in [-0.2, -0.15) is 0 Å². The second-order valence-electron chi connectivity index (χ2n) is 3.00. The number of carbonyl (C=O) groups excluding carboxylic acids is 1. The summed E-state index contributed by atoms with van der Waals surface area (Å²) in [5, 5.41) is 0. The SMILES string of the molecule is O=Cc1cc(F)c2c(c1)OCCCO2. The van der Waals surface area contributed by atoms with Crippen LogP contribution in [-0.4, -0.2) is 19.5 Å². The second kappa shape index (κ2) is 3.65. The first-order valence-corrected chi connectivity index (χ1v) is 4.35. The van der Waals surface area contributed by atoms with E-state index in [1.165, 1.54) is 6.07 Å². The van der Waals surface area contributed by atoms with Gasteiger partial charge in [0, 0.05) is 12.0 Å². The molecule has 0 saturated carbocycles. The van der Waals surface area contributed by atoms with Crippen LogP contribution in [0.5, 0.6) is 11.5 Å². The maximum absolute atomic E-state index is 13.3. The van der Waals surface area contributed by atoms with E-state index in [9.17, 15) is 9.18 Å². The molecular formula is C10H9FO3. The van der Waals surface area contributed by atoms with Gasteiger partial charge in [-0.05, 0) is 12.1 Å². The lowest BCUT2D eigenvalue weighted by atomic mass is 10.2. The van der Waals surface area contributed by atoms with Crippen molar-refractivity contribution in [1.29, 1.82) is 0 Å². The van der Waals surface area contributed by atoms with Crippen molar-refractivity contribution in [3.05, 3.63) is 23.5 Å². The van der Waals surface area contributed by atoms with E-state index in [1.54, 1.807) is 0 Å². The van der Waals surface area contributed by atoms with Crippen molar-refractivity contribution in [3.8, 4) is 11.5 Å². The number of halogens is 1. The zero-order valence-corrected chi connectivity index (χ0v) is 7.46. The van der Waals surface area contributed by atoms with Crippen LogP contribution in [0.4, 0.5) is 4.39 Å². The largest absolute Gasteiger partial charge is 0.489 e. The van der Waals surface area contributed by atoms with E-state index in [0.717, 1.165) is 6.07 Å². The molecule has 1 heterocycles. The fourth-order valence-electron chi connectivity index (χ4n) is 1.32. The third-order valence-corrected chi connectivity index (χ3v) is 1.96. The van der Waals surface area contributed by atoms with Gasteiger partial charge in [0.2, 0.25) is 0 Å². The van der Waals surface area contributed by atoms with Crippen molar-refractivity contribution in [1.82, 2.24) is 0 Å². The summed E-state index contributed by atoms with van der Waals surface area (Å²) >= 11 is 0. The minimum Gasteiger partial charge on any atom is -0.489 e. The lowest BCUT2D eigenvalue weighted by Gasteiger charge is -2.08. The van der Waals surface area contributed by atoms with Crippen molar-refractivity contribution >= 4 is 6.29 Å². The number of fused-ring (bicyclic) bond motifs is 1. The number of hydrogen-bond donors (Lipinski definition) is 0. The summed E-state index contributed by atoms with van der Waals surface area (Å²) in [5.41, 5.74) is 0.256. The lowest BCUT2D eigenvalue weighted by molar-refractivity contribution is 0.112. The van der Waals surface area contributed by atoms with Crippen LogP contribution in [0.2, 0.25) is 0 Å². The molecule has 0 saturated heterocycles. The van der Waals surface area contributed by atoms with Gasteiger partial charge in [-0.3, -0.25) is 4.79 Å². The topological polar surface area (TPSA) is 35.5 Å². The number of hydrogen-bond acceptors (Lipinski definition) is 3. The average Bonchev–Trinajstić information content (AvgIpc) is 2.42. The monoisotopic (exact) mass is 196 g/mol. The molecule has 0 amide bonds. The fourth-order valence-corrected chi connectivity index (χ4v) is 1.32. The molecule has 0 spiro atoms.